The fourth-order valence-corrected chi connectivity index (χ4v) is 3.24. The van der Waals surface area contributed by atoms with Gasteiger partial charge in [0.25, 0.3) is 0 Å². The Labute approximate surface area is 144 Å². The van der Waals surface area contributed by atoms with Crippen molar-refractivity contribution in [3.8, 4) is 11.4 Å². The molecular weight excluding hydrogens is 326 g/mol. The Hall–Kier alpha value is -1.90. The summed E-state index contributed by atoms with van der Waals surface area (Å²) in [6.07, 6.45) is 8.24. The van der Waals surface area contributed by atoms with E-state index in [1.165, 1.54) is 0 Å². The molecule has 8 heteroatoms. The first-order valence-corrected chi connectivity index (χ1v) is 9.11. The smallest absolute Gasteiger partial charge is 0.163 e. The van der Waals surface area contributed by atoms with Gasteiger partial charge in [0, 0.05) is 55.1 Å². The van der Waals surface area contributed by atoms with Crippen LogP contribution in [0.5, 0.6) is 0 Å². The molecular formula is C16H20N5O2S-. The van der Waals surface area contributed by atoms with E-state index in [1.54, 1.807) is 18.6 Å². The highest BCUT2D eigenvalue weighted by molar-refractivity contribution is 7.77. The van der Waals surface area contributed by atoms with Crippen molar-refractivity contribution < 1.29 is 8.76 Å². The van der Waals surface area contributed by atoms with E-state index < -0.39 is 11.3 Å². The minimum atomic E-state index is -2.16. The Morgan fingerprint density at radius 2 is 2.12 bits per heavy atom. The molecule has 0 radical (unpaired) electrons. The lowest BCUT2D eigenvalue weighted by Gasteiger charge is -2.33. The summed E-state index contributed by atoms with van der Waals surface area (Å²) in [6, 6.07) is 5.76. The van der Waals surface area contributed by atoms with Crippen LogP contribution in [0, 0.1) is 5.92 Å². The van der Waals surface area contributed by atoms with Crippen molar-refractivity contribution in [2.45, 2.75) is 19.3 Å². The molecule has 0 aromatic carbocycles. The lowest BCUT2D eigenvalue weighted by molar-refractivity contribution is 0.379. The molecule has 128 valence electrons. The van der Waals surface area contributed by atoms with Crippen LogP contribution in [0.15, 0.2) is 36.8 Å². The Bertz CT molecular complexity index is 677. The monoisotopic (exact) mass is 346 g/mol. The lowest BCUT2D eigenvalue weighted by Crippen LogP contribution is -2.35. The van der Waals surface area contributed by atoms with Crippen LogP contribution in [-0.2, 0) is 11.3 Å². The molecule has 3 heterocycles. The molecule has 1 aliphatic heterocycles. The largest absolute Gasteiger partial charge is 0.760 e. The van der Waals surface area contributed by atoms with Gasteiger partial charge in [-0.25, -0.2) is 14.7 Å². The van der Waals surface area contributed by atoms with E-state index in [0.29, 0.717) is 18.3 Å². The highest BCUT2D eigenvalue weighted by atomic mass is 32.2. The first kappa shape index (κ1) is 16.9. The second kappa shape index (κ2) is 8.27. The van der Waals surface area contributed by atoms with Crippen LogP contribution in [0.2, 0.25) is 0 Å². The molecule has 0 saturated carbocycles. The van der Waals surface area contributed by atoms with Gasteiger partial charge in [-0.05, 0) is 43.4 Å². The molecule has 2 aromatic heterocycles. The number of hydrogen-bond acceptors (Lipinski definition) is 6. The number of piperidine rings is 1. The van der Waals surface area contributed by atoms with Gasteiger partial charge in [-0.15, -0.1) is 0 Å². The van der Waals surface area contributed by atoms with Crippen molar-refractivity contribution in [2.24, 2.45) is 5.92 Å². The van der Waals surface area contributed by atoms with Crippen LogP contribution in [0.4, 0.5) is 5.82 Å². The summed E-state index contributed by atoms with van der Waals surface area (Å²) in [4.78, 5) is 15.4. The quantitative estimate of drug-likeness (QED) is 0.797. The number of hydrogen-bond donors (Lipinski definition) is 1. The Kier molecular flexibility index (Phi) is 5.84. The second-order valence-corrected chi connectivity index (χ2v) is 6.59. The molecule has 1 fully saturated rings. The van der Waals surface area contributed by atoms with E-state index >= 15 is 0 Å². The summed E-state index contributed by atoms with van der Waals surface area (Å²) in [5, 5.41) is 0. The van der Waals surface area contributed by atoms with Crippen LogP contribution in [0.3, 0.4) is 0 Å². The average molecular weight is 346 g/mol. The molecule has 0 amide bonds. The molecule has 0 spiro atoms. The fourth-order valence-electron chi connectivity index (χ4n) is 2.96. The van der Waals surface area contributed by atoms with Crippen LogP contribution < -0.4 is 9.62 Å². The van der Waals surface area contributed by atoms with Crippen molar-refractivity contribution in [1.82, 2.24) is 19.7 Å². The molecule has 3 rings (SSSR count). The standard InChI is InChI=1S/C16H21N5O2S/c22-24(23)19-9-3-13-5-10-21(11-6-13)15-4-8-18-16(20-15)14-2-1-7-17-12-14/h1-2,4,7-8,12-13,19H,3,5-6,9-11H2,(H,22,23)/p-1. The van der Waals surface area contributed by atoms with E-state index in [-0.39, 0.29) is 0 Å². The van der Waals surface area contributed by atoms with E-state index in [1.807, 2.05) is 18.2 Å². The molecule has 0 bridgehead atoms. The lowest BCUT2D eigenvalue weighted by atomic mass is 9.94. The second-order valence-electron chi connectivity index (χ2n) is 5.83. The predicted molar refractivity (Wildman–Crippen MR) is 91.7 cm³/mol. The first-order chi connectivity index (χ1) is 11.7. The van der Waals surface area contributed by atoms with Crippen molar-refractivity contribution in [1.29, 1.82) is 0 Å². The van der Waals surface area contributed by atoms with Crippen LogP contribution in [-0.4, -0.2) is 43.3 Å². The summed E-state index contributed by atoms with van der Waals surface area (Å²) in [5.41, 5.74) is 0.908. The molecule has 1 atom stereocenters. The maximum absolute atomic E-state index is 10.5. The van der Waals surface area contributed by atoms with Crippen LogP contribution in [0.1, 0.15) is 19.3 Å². The van der Waals surface area contributed by atoms with Gasteiger partial charge in [0.15, 0.2) is 5.82 Å². The number of rotatable bonds is 6. The summed E-state index contributed by atoms with van der Waals surface area (Å²) in [6.45, 7) is 2.36. The third kappa shape index (κ3) is 4.56. The van der Waals surface area contributed by atoms with Gasteiger partial charge in [0.05, 0.1) is 0 Å². The number of nitrogens with one attached hydrogen (secondary N) is 1. The zero-order valence-corrected chi connectivity index (χ0v) is 14.1. The predicted octanol–water partition coefficient (Wildman–Crippen LogP) is 1.53. The number of pyridine rings is 1. The minimum Gasteiger partial charge on any atom is -0.760 e. The third-order valence-corrected chi connectivity index (χ3v) is 4.71. The van der Waals surface area contributed by atoms with Gasteiger partial charge < -0.3 is 9.45 Å². The Morgan fingerprint density at radius 3 is 2.83 bits per heavy atom. The van der Waals surface area contributed by atoms with Gasteiger partial charge in [0.2, 0.25) is 0 Å². The van der Waals surface area contributed by atoms with Gasteiger partial charge >= 0.3 is 0 Å². The van der Waals surface area contributed by atoms with Crippen LogP contribution >= 0.6 is 0 Å². The molecule has 2 aromatic rings. The topological polar surface area (TPSA) is 94.1 Å². The maximum Gasteiger partial charge on any atom is 0.163 e. The third-order valence-electron chi connectivity index (χ3n) is 4.27. The molecule has 24 heavy (non-hydrogen) atoms. The summed E-state index contributed by atoms with van der Waals surface area (Å²) in [5.74, 6) is 2.17. The summed E-state index contributed by atoms with van der Waals surface area (Å²) >= 11 is -2.16. The highest BCUT2D eigenvalue weighted by Gasteiger charge is 2.20. The summed E-state index contributed by atoms with van der Waals surface area (Å²) < 4.78 is 23.4. The van der Waals surface area contributed by atoms with Crippen molar-refractivity contribution >= 4 is 17.1 Å². The van der Waals surface area contributed by atoms with Gasteiger partial charge in [0.1, 0.15) is 5.82 Å². The van der Waals surface area contributed by atoms with E-state index in [0.717, 1.165) is 43.7 Å². The maximum atomic E-state index is 10.5. The SMILES string of the molecule is O=S([O-])NCCC1CCN(c2ccnc(-c3cccnc3)n2)CC1. The molecule has 1 N–H and O–H groups in total. The van der Waals surface area contributed by atoms with Crippen molar-refractivity contribution in [3.63, 3.8) is 0 Å². The Balaban J connectivity index is 1.58. The average Bonchev–Trinajstić information content (AvgIpc) is 2.63. The molecule has 1 saturated heterocycles. The first-order valence-electron chi connectivity index (χ1n) is 8.03. The molecule has 7 nitrogen and oxygen atoms in total. The van der Waals surface area contributed by atoms with Gasteiger partial charge in [-0.2, -0.15) is 0 Å². The van der Waals surface area contributed by atoms with Crippen LogP contribution in [0.25, 0.3) is 11.4 Å². The highest BCUT2D eigenvalue weighted by Crippen LogP contribution is 2.25. The number of anilines is 1. The van der Waals surface area contributed by atoms with E-state index in [4.69, 9.17) is 0 Å². The normalized spacial score (nSPS) is 17.0. The zero-order valence-electron chi connectivity index (χ0n) is 13.3. The van der Waals surface area contributed by atoms with Gasteiger partial charge in [-0.1, -0.05) is 0 Å². The summed E-state index contributed by atoms with van der Waals surface area (Å²) in [7, 11) is 0. The van der Waals surface area contributed by atoms with Gasteiger partial charge in [-0.3, -0.25) is 9.19 Å². The Morgan fingerprint density at radius 1 is 1.29 bits per heavy atom. The molecule has 1 unspecified atom stereocenters. The number of nitrogens with zero attached hydrogens (tertiary/aromatic N) is 4. The molecule has 0 aliphatic carbocycles. The minimum absolute atomic E-state index is 0.513. The fraction of sp³-hybridized carbons (Fsp3) is 0.438. The van der Waals surface area contributed by atoms with Crippen molar-refractivity contribution in [2.75, 3.05) is 24.5 Å². The van der Waals surface area contributed by atoms with E-state index in [2.05, 4.69) is 24.6 Å². The van der Waals surface area contributed by atoms with E-state index in [9.17, 15) is 8.76 Å². The van der Waals surface area contributed by atoms with Crippen molar-refractivity contribution in [3.05, 3.63) is 36.8 Å². The molecule has 1 aliphatic rings. The number of aromatic nitrogens is 3. The zero-order chi connectivity index (χ0) is 16.8.